The first-order valence-corrected chi connectivity index (χ1v) is 13.7. The topological polar surface area (TPSA) is 67.4 Å². The van der Waals surface area contributed by atoms with Gasteiger partial charge in [-0.1, -0.05) is 9.15 Å². The number of hydrogen-bond donors (Lipinski definition) is 0. The van der Waals surface area contributed by atoms with E-state index in [9.17, 15) is 0 Å². The van der Waals surface area contributed by atoms with Gasteiger partial charge in [0.05, 0.1) is 44.3 Å². The Balaban J connectivity index is 1.45. The highest BCUT2D eigenvalue weighted by molar-refractivity contribution is 6.26. The van der Waals surface area contributed by atoms with Crippen LogP contribution < -0.4 is 10.7 Å². The predicted molar refractivity (Wildman–Crippen MR) is 154 cm³/mol. The van der Waals surface area contributed by atoms with Crippen LogP contribution in [0.1, 0.15) is 33.6 Å². The molecule has 0 bridgehead atoms. The lowest BCUT2D eigenvalue weighted by Crippen LogP contribution is -2.69. The molecule has 6 aliphatic rings. The smallest absolute Gasteiger partial charge is 0.264 e. The Hall–Kier alpha value is -5.76. The summed E-state index contributed by atoms with van der Waals surface area (Å²) in [6.07, 6.45) is 25.0. The lowest BCUT2D eigenvalue weighted by molar-refractivity contribution is -0.805. The minimum absolute atomic E-state index is 0.784. The van der Waals surface area contributed by atoms with Crippen LogP contribution in [0.15, 0.2) is 73.8 Å². The number of nitrogens with zero attached hydrogens (tertiary/aromatic N) is 8. The summed E-state index contributed by atoms with van der Waals surface area (Å²) in [5.74, 6) is -0.784. The van der Waals surface area contributed by atoms with Crippen LogP contribution in [0.5, 0.6) is 0 Å². The van der Waals surface area contributed by atoms with Crippen molar-refractivity contribution in [3.05, 3.63) is 118 Å². The highest BCUT2D eigenvalue weighted by Crippen LogP contribution is 2.53. The van der Waals surface area contributed by atoms with E-state index >= 15 is 0 Å². The SMILES string of the molecule is C1=C2c3cnccc3C3=[N+]2C24n5c1c1ccncc1c5C=C1c5cnccc5C(=[N+]12)C=c1c2cnccc2c(n14)=C3. The summed E-state index contributed by atoms with van der Waals surface area (Å²) in [5, 5.41) is 6.99. The van der Waals surface area contributed by atoms with Gasteiger partial charge in [0.25, 0.3) is 0 Å². The molecule has 0 saturated carbocycles. The van der Waals surface area contributed by atoms with Gasteiger partial charge in [-0.25, -0.2) is 0 Å². The van der Waals surface area contributed by atoms with E-state index in [-0.39, 0.29) is 0 Å². The van der Waals surface area contributed by atoms with E-state index in [4.69, 9.17) is 0 Å². The van der Waals surface area contributed by atoms with E-state index < -0.39 is 5.91 Å². The van der Waals surface area contributed by atoms with Gasteiger partial charge in [-0.3, -0.25) is 19.9 Å². The quantitative estimate of drug-likeness (QED) is 0.287. The fourth-order valence-corrected chi connectivity index (χ4v) is 8.32. The molecule has 12 rings (SSSR count). The van der Waals surface area contributed by atoms with E-state index in [1.54, 1.807) is 0 Å². The maximum absolute atomic E-state index is 4.59. The van der Waals surface area contributed by atoms with Gasteiger partial charge in [0.15, 0.2) is 0 Å². The number of hydrogen-bond acceptors (Lipinski definition) is 4. The molecule has 12 heterocycles. The summed E-state index contributed by atoms with van der Waals surface area (Å²) in [4.78, 5) is 18.3. The summed E-state index contributed by atoms with van der Waals surface area (Å²) in [6, 6.07) is 8.60. The van der Waals surface area contributed by atoms with Crippen LogP contribution in [-0.4, -0.2) is 49.6 Å². The van der Waals surface area contributed by atoms with E-state index in [0.717, 1.165) is 44.3 Å². The van der Waals surface area contributed by atoms with E-state index in [0.29, 0.717) is 0 Å². The Labute approximate surface area is 230 Å². The average Bonchev–Trinajstić information content (AvgIpc) is 3.74. The molecule has 186 valence electrons. The molecule has 41 heavy (non-hydrogen) atoms. The van der Waals surface area contributed by atoms with Gasteiger partial charge in [-0.15, -0.1) is 0 Å². The second-order valence-corrected chi connectivity index (χ2v) is 11.3. The van der Waals surface area contributed by atoms with Crippen molar-refractivity contribution >= 4 is 68.7 Å². The van der Waals surface area contributed by atoms with Gasteiger partial charge < -0.3 is 0 Å². The Morgan fingerprint density at radius 2 is 1.02 bits per heavy atom. The molecule has 1 unspecified atom stereocenters. The fraction of sp³-hybridized carbons (Fsp3) is 0.0303. The molecule has 0 N–H and O–H groups in total. The lowest BCUT2D eigenvalue weighted by Gasteiger charge is -2.37. The second-order valence-electron chi connectivity index (χ2n) is 11.3. The number of aromatic nitrogens is 6. The van der Waals surface area contributed by atoms with Crippen LogP contribution in [0.4, 0.5) is 0 Å². The highest BCUT2D eigenvalue weighted by Gasteiger charge is 2.72. The van der Waals surface area contributed by atoms with Crippen LogP contribution in [0, 0.1) is 0 Å². The number of fused-ring (bicyclic) bond motifs is 12. The highest BCUT2D eigenvalue weighted by atomic mass is 15.6. The van der Waals surface area contributed by atoms with Crippen LogP contribution >= 0.6 is 0 Å². The van der Waals surface area contributed by atoms with Crippen molar-refractivity contribution in [3.8, 4) is 0 Å². The third-order valence-corrected chi connectivity index (χ3v) is 9.71. The Bertz CT molecular complexity index is 2470. The van der Waals surface area contributed by atoms with Crippen molar-refractivity contribution < 1.29 is 9.15 Å². The van der Waals surface area contributed by atoms with Gasteiger partial charge in [-0.05, 0) is 24.3 Å². The molecule has 0 aromatic carbocycles. The summed E-state index contributed by atoms with van der Waals surface area (Å²) >= 11 is 0. The van der Waals surface area contributed by atoms with E-state index in [1.807, 2.05) is 49.6 Å². The van der Waals surface area contributed by atoms with Crippen molar-refractivity contribution in [2.45, 2.75) is 5.91 Å². The maximum atomic E-state index is 4.59. The molecular formula is C33H16N8+2. The maximum Gasteiger partial charge on any atom is 0.553 e. The molecule has 6 aromatic heterocycles. The van der Waals surface area contributed by atoms with Gasteiger partial charge in [0, 0.05) is 95.4 Å². The van der Waals surface area contributed by atoms with Crippen molar-refractivity contribution in [1.82, 2.24) is 29.1 Å². The third-order valence-electron chi connectivity index (χ3n) is 9.71. The zero-order valence-corrected chi connectivity index (χ0v) is 21.3. The molecule has 1 atom stereocenters. The van der Waals surface area contributed by atoms with Gasteiger partial charge >= 0.3 is 5.91 Å². The van der Waals surface area contributed by atoms with Crippen LogP contribution in [0.2, 0.25) is 0 Å². The molecule has 0 amide bonds. The third kappa shape index (κ3) is 1.76. The Morgan fingerprint density at radius 1 is 0.488 bits per heavy atom. The van der Waals surface area contributed by atoms with Gasteiger partial charge in [0.1, 0.15) is 0 Å². The van der Waals surface area contributed by atoms with Crippen LogP contribution in [0.25, 0.3) is 57.2 Å². The predicted octanol–water partition coefficient (Wildman–Crippen LogP) is 2.53. The normalized spacial score (nSPS) is 20.8. The molecule has 6 aromatic rings. The minimum atomic E-state index is -0.784. The molecule has 0 fully saturated rings. The summed E-state index contributed by atoms with van der Waals surface area (Å²) in [7, 11) is 0. The van der Waals surface area contributed by atoms with Crippen LogP contribution in [0.3, 0.4) is 0 Å². The largest absolute Gasteiger partial charge is 0.553 e. The molecule has 6 aliphatic heterocycles. The molecule has 0 aliphatic carbocycles. The van der Waals surface area contributed by atoms with Crippen molar-refractivity contribution in [2.75, 3.05) is 0 Å². The lowest BCUT2D eigenvalue weighted by atomic mass is 10.0. The number of pyridine rings is 4. The minimum Gasteiger partial charge on any atom is -0.264 e. The summed E-state index contributed by atoms with van der Waals surface area (Å²) in [6.45, 7) is 0. The first-order chi connectivity index (χ1) is 20.4. The van der Waals surface area contributed by atoms with Crippen molar-refractivity contribution in [3.63, 3.8) is 0 Å². The van der Waals surface area contributed by atoms with E-state index in [2.05, 4.69) is 86.8 Å². The molecule has 1 spiro atoms. The Morgan fingerprint density at radius 3 is 1.71 bits per heavy atom. The zero-order chi connectivity index (χ0) is 26.2. The molecule has 0 radical (unpaired) electrons. The average molecular weight is 525 g/mol. The first-order valence-electron chi connectivity index (χ1n) is 13.7. The molecule has 8 heteroatoms. The fourth-order valence-electron chi connectivity index (χ4n) is 8.32. The second kappa shape index (κ2) is 5.88. The standard InChI is InChI=1S/C33H16N8/c1-5-34-13-21-17(1)25-9-26-18-2-6-35-14-22(18)30-11-28-20-4-8-37-16-24(20)32-12-31-23-15-36-7-3-19(23)27-10-29(21)38(25)33(39(26)30,40(27)31)41(28)32/h1-16H/q+2. The summed E-state index contributed by atoms with van der Waals surface area (Å²) in [5.41, 5.74) is 11.6. The van der Waals surface area contributed by atoms with E-state index in [1.165, 1.54) is 44.4 Å². The van der Waals surface area contributed by atoms with Crippen LogP contribution in [-0.2, 0) is 5.91 Å². The Kier molecular flexibility index (Phi) is 2.77. The van der Waals surface area contributed by atoms with Gasteiger partial charge in [0.2, 0.25) is 22.8 Å². The zero-order valence-electron chi connectivity index (χ0n) is 21.3. The number of rotatable bonds is 0. The van der Waals surface area contributed by atoms with Gasteiger partial charge in [-0.2, -0.15) is 9.13 Å². The molecule has 0 saturated heterocycles. The summed E-state index contributed by atoms with van der Waals surface area (Å²) < 4.78 is 10.1. The monoisotopic (exact) mass is 524 g/mol. The van der Waals surface area contributed by atoms with Crippen molar-refractivity contribution in [2.24, 2.45) is 0 Å². The molecule has 8 nitrogen and oxygen atoms in total. The van der Waals surface area contributed by atoms with Crippen molar-refractivity contribution in [1.29, 1.82) is 0 Å². The molecular weight excluding hydrogens is 508 g/mol. The first kappa shape index (κ1) is 19.3.